The van der Waals surface area contributed by atoms with Crippen molar-refractivity contribution in [3.05, 3.63) is 71.2 Å². The predicted molar refractivity (Wildman–Crippen MR) is 92.5 cm³/mol. The van der Waals surface area contributed by atoms with E-state index in [0.29, 0.717) is 0 Å². The molecule has 1 aromatic heterocycles. The molecule has 0 saturated heterocycles. The Morgan fingerprint density at radius 3 is 2.35 bits per heavy atom. The third-order valence-electron chi connectivity index (χ3n) is 3.54. The Morgan fingerprint density at radius 2 is 1.50 bits per heavy atom. The SMILES string of the molecule is Brc1ccc2sc3cc(-c4ccccc4)ccc3c2c1. The third kappa shape index (κ3) is 1.96. The molecule has 3 aromatic carbocycles. The second kappa shape index (κ2) is 4.72. The van der Waals surface area contributed by atoms with Crippen molar-refractivity contribution in [1.29, 1.82) is 0 Å². The van der Waals surface area contributed by atoms with Gasteiger partial charge in [-0.2, -0.15) is 0 Å². The molecule has 96 valence electrons. The zero-order valence-electron chi connectivity index (χ0n) is 10.6. The minimum absolute atomic E-state index is 1.14. The van der Waals surface area contributed by atoms with E-state index in [1.54, 1.807) is 0 Å². The van der Waals surface area contributed by atoms with Crippen molar-refractivity contribution in [2.24, 2.45) is 0 Å². The number of hydrogen-bond acceptors (Lipinski definition) is 1. The molecule has 0 nitrogen and oxygen atoms in total. The number of fused-ring (bicyclic) bond motifs is 3. The molecule has 2 heteroatoms. The third-order valence-corrected chi connectivity index (χ3v) is 5.17. The normalized spacial score (nSPS) is 11.2. The van der Waals surface area contributed by atoms with Crippen LogP contribution < -0.4 is 0 Å². The summed E-state index contributed by atoms with van der Waals surface area (Å²) in [5.41, 5.74) is 2.55. The van der Waals surface area contributed by atoms with Crippen LogP contribution in [-0.4, -0.2) is 0 Å². The summed E-state index contributed by atoms with van der Waals surface area (Å²) in [5, 5.41) is 2.67. The summed E-state index contributed by atoms with van der Waals surface area (Å²) in [7, 11) is 0. The Kier molecular flexibility index (Phi) is 2.86. The fraction of sp³-hybridized carbons (Fsp3) is 0. The molecule has 0 N–H and O–H groups in total. The smallest absolute Gasteiger partial charge is 0.0361 e. The van der Waals surface area contributed by atoms with E-state index >= 15 is 0 Å². The van der Waals surface area contributed by atoms with E-state index < -0.39 is 0 Å². The van der Waals surface area contributed by atoms with Gasteiger partial charge in [-0.25, -0.2) is 0 Å². The van der Waals surface area contributed by atoms with E-state index in [4.69, 9.17) is 0 Å². The second-order valence-electron chi connectivity index (χ2n) is 4.82. The van der Waals surface area contributed by atoms with Gasteiger partial charge in [0.25, 0.3) is 0 Å². The van der Waals surface area contributed by atoms with Crippen molar-refractivity contribution in [1.82, 2.24) is 0 Å². The van der Waals surface area contributed by atoms with E-state index in [9.17, 15) is 0 Å². The number of rotatable bonds is 1. The average Bonchev–Trinajstić information content (AvgIpc) is 2.85. The zero-order valence-corrected chi connectivity index (χ0v) is 13.0. The molecular weight excluding hydrogens is 328 g/mol. The quantitative estimate of drug-likeness (QED) is 0.372. The number of hydrogen-bond donors (Lipinski definition) is 0. The summed E-state index contributed by atoms with van der Waals surface area (Å²) in [6, 6.07) is 23.8. The molecule has 0 aliphatic carbocycles. The van der Waals surface area contributed by atoms with Gasteiger partial charge in [-0.3, -0.25) is 0 Å². The van der Waals surface area contributed by atoms with Crippen molar-refractivity contribution in [3.8, 4) is 11.1 Å². The van der Waals surface area contributed by atoms with Crippen LogP contribution in [0.1, 0.15) is 0 Å². The molecule has 0 aliphatic heterocycles. The van der Waals surface area contributed by atoms with Gasteiger partial charge in [-0.05, 0) is 35.4 Å². The van der Waals surface area contributed by atoms with Gasteiger partial charge in [0.2, 0.25) is 0 Å². The van der Waals surface area contributed by atoms with Crippen LogP contribution >= 0.6 is 27.3 Å². The minimum Gasteiger partial charge on any atom is -0.135 e. The van der Waals surface area contributed by atoms with Crippen LogP contribution in [0.15, 0.2) is 71.2 Å². The van der Waals surface area contributed by atoms with Gasteiger partial charge in [0.15, 0.2) is 0 Å². The second-order valence-corrected chi connectivity index (χ2v) is 6.82. The maximum atomic E-state index is 3.56. The van der Waals surface area contributed by atoms with E-state index in [2.05, 4.69) is 82.7 Å². The van der Waals surface area contributed by atoms with Crippen LogP contribution in [0, 0.1) is 0 Å². The Hall–Kier alpha value is -1.64. The van der Waals surface area contributed by atoms with Crippen LogP contribution in [-0.2, 0) is 0 Å². The number of thiophene rings is 1. The predicted octanol–water partition coefficient (Wildman–Crippen LogP) is 6.48. The summed E-state index contributed by atoms with van der Waals surface area (Å²) in [4.78, 5) is 0. The molecule has 0 bridgehead atoms. The van der Waals surface area contributed by atoms with E-state index in [0.717, 1.165) is 4.47 Å². The summed E-state index contributed by atoms with van der Waals surface area (Å²) < 4.78 is 3.82. The maximum Gasteiger partial charge on any atom is 0.0361 e. The van der Waals surface area contributed by atoms with Gasteiger partial charge in [-0.1, -0.05) is 58.4 Å². The van der Waals surface area contributed by atoms with Gasteiger partial charge in [0.05, 0.1) is 0 Å². The van der Waals surface area contributed by atoms with Gasteiger partial charge >= 0.3 is 0 Å². The first-order valence-corrected chi connectivity index (χ1v) is 8.09. The lowest BCUT2D eigenvalue weighted by atomic mass is 10.0. The highest BCUT2D eigenvalue weighted by Gasteiger charge is 2.07. The minimum atomic E-state index is 1.14. The zero-order chi connectivity index (χ0) is 13.5. The molecule has 0 amide bonds. The van der Waals surface area contributed by atoms with Crippen molar-refractivity contribution in [2.45, 2.75) is 0 Å². The molecule has 0 atom stereocenters. The molecule has 0 fully saturated rings. The Bertz CT molecular complexity index is 907. The Labute approximate surface area is 129 Å². The number of halogens is 1. The van der Waals surface area contributed by atoms with Crippen molar-refractivity contribution < 1.29 is 0 Å². The first-order chi connectivity index (χ1) is 9.81. The Morgan fingerprint density at radius 1 is 0.650 bits per heavy atom. The van der Waals surface area contributed by atoms with Gasteiger partial charge in [-0.15, -0.1) is 11.3 Å². The fourth-order valence-electron chi connectivity index (χ4n) is 2.56. The monoisotopic (exact) mass is 338 g/mol. The number of benzene rings is 3. The maximum absolute atomic E-state index is 3.56. The highest BCUT2D eigenvalue weighted by atomic mass is 79.9. The molecule has 4 rings (SSSR count). The molecule has 0 unspecified atom stereocenters. The highest BCUT2D eigenvalue weighted by Crippen LogP contribution is 2.37. The molecule has 0 saturated carbocycles. The molecule has 0 spiro atoms. The van der Waals surface area contributed by atoms with E-state index in [1.165, 1.54) is 31.3 Å². The lowest BCUT2D eigenvalue weighted by molar-refractivity contribution is 1.66. The fourth-order valence-corrected chi connectivity index (χ4v) is 4.05. The van der Waals surface area contributed by atoms with Gasteiger partial charge < -0.3 is 0 Å². The standard InChI is InChI=1S/C18H11BrS/c19-14-7-9-17-16(11-14)15-8-6-13(10-18(15)20-17)12-4-2-1-3-5-12/h1-11H. The lowest BCUT2D eigenvalue weighted by Crippen LogP contribution is -1.75. The van der Waals surface area contributed by atoms with Gasteiger partial charge in [0, 0.05) is 24.6 Å². The van der Waals surface area contributed by atoms with Crippen LogP contribution in [0.2, 0.25) is 0 Å². The highest BCUT2D eigenvalue weighted by molar-refractivity contribution is 9.10. The topological polar surface area (TPSA) is 0 Å². The molecule has 0 radical (unpaired) electrons. The first-order valence-electron chi connectivity index (χ1n) is 6.48. The summed E-state index contributed by atoms with van der Waals surface area (Å²) in [5.74, 6) is 0. The van der Waals surface area contributed by atoms with Crippen molar-refractivity contribution in [3.63, 3.8) is 0 Å². The molecule has 4 aromatic rings. The first kappa shape index (κ1) is 12.1. The van der Waals surface area contributed by atoms with E-state index in [-0.39, 0.29) is 0 Å². The molecule has 20 heavy (non-hydrogen) atoms. The van der Waals surface area contributed by atoms with E-state index in [1.807, 2.05) is 11.3 Å². The van der Waals surface area contributed by atoms with Crippen LogP contribution in [0.3, 0.4) is 0 Å². The molecule has 0 aliphatic rings. The molecular formula is C18H11BrS. The summed E-state index contributed by atoms with van der Waals surface area (Å²) in [6.45, 7) is 0. The van der Waals surface area contributed by atoms with Crippen LogP contribution in [0.25, 0.3) is 31.3 Å². The van der Waals surface area contributed by atoms with Crippen LogP contribution in [0.5, 0.6) is 0 Å². The summed E-state index contributed by atoms with van der Waals surface area (Å²) in [6.07, 6.45) is 0. The van der Waals surface area contributed by atoms with Crippen molar-refractivity contribution in [2.75, 3.05) is 0 Å². The largest absolute Gasteiger partial charge is 0.135 e. The van der Waals surface area contributed by atoms with Crippen molar-refractivity contribution >= 4 is 47.4 Å². The summed E-state index contributed by atoms with van der Waals surface area (Å²) >= 11 is 5.42. The van der Waals surface area contributed by atoms with Crippen LogP contribution in [0.4, 0.5) is 0 Å². The molecule has 1 heterocycles. The van der Waals surface area contributed by atoms with Gasteiger partial charge in [0.1, 0.15) is 0 Å². The Balaban J connectivity index is 1.98. The lowest BCUT2D eigenvalue weighted by Gasteiger charge is -2.01. The average molecular weight is 339 g/mol.